The molecular weight excluding hydrogens is 368 g/mol. The molecule has 4 rings (SSSR count). The number of ether oxygens (including phenoxy) is 4. The lowest BCUT2D eigenvalue weighted by Gasteiger charge is -2.19. The van der Waals surface area contributed by atoms with Gasteiger partial charge in [-0.3, -0.25) is 0 Å². The molecule has 0 atom stereocenters. The Labute approximate surface area is 170 Å². The fourth-order valence-corrected chi connectivity index (χ4v) is 3.06. The normalized spacial score (nSPS) is 12.4. The lowest BCUT2D eigenvalue weighted by Crippen LogP contribution is -2.16. The minimum absolute atomic E-state index is 0.563. The Morgan fingerprint density at radius 1 is 0.862 bits per heavy atom. The van der Waals surface area contributed by atoms with Gasteiger partial charge in [-0.05, 0) is 60.5 Å². The highest BCUT2D eigenvalue weighted by Gasteiger charge is 2.11. The molecular formula is C23H24N2O4. The second-order valence-electron chi connectivity index (χ2n) is 6.59. The molecule has 1 aliphatic heterocycles. The molecule has 1 aromatic heterocycles. The van der Waals surface area contributed by atoms with E-state index in [0.29, 0.717) is 32.2 Å². The zero-order chi connectivity index (χ0) is 19.9. The number of pyridine rings is 1. The van der Waals surface area contributed by atoms with Crippen LogP contribution in [0.1, 0.15) is 18.1 Å². The second kappa shape index (κ2) is 9.30. The van der Waals surface area contributed by atoms with Gasteiger partial charge in [0.1, 0.15) is 24.7 Å². The van der Waals surface area contributed by atoms with Gasteiger partial charge in [0.2, 0.25) is 5.88 Å². The molecule has 6 heteroatoms. The van der Waals surface area contributed by atoms with Crippen molar-refractivity contribution in [3.05, 3.63) is 71.9 Å². The quantitative estimate of drug-likeness (QED) is 0.616. The topological polar surface area (TPSA) is 61.8 Å². The molecule has 0 unspecified atom stereocenters. The second-order valence-corrected chi connectivity index (χ2v) is 6.59. The number of fused-ring (bicyclic) bond motifs is 1. The first-order valence-electron chi connectivity index (χ1n) is 9.75. The lowest BCUT2D eigenvalue weighted by atomic mass is 10.2. The molecule has 2 heterocycles. The van der Waals surface area contributed by atoms with E-state index in [0.717, 1.165) is 40.7 Å². The van der Waals surface area contributed by atoms with Gasteiger partial charge in [0, 0.05) is 25.4 Å². The van der Waals surface area contributed by atoms with E-state index in [1.165, 1.54) is 0 Å². The largest absolute Gasteiger partial charge is 0.494 e. The maximum atomic E-state index is 5.85. The van der Waals surface area contributed by atoms with Crippen LogP contribution >= 0.6 is 0 Å². The molecule has 150 valence electrons. The SMILES string of the molecule is CCOc1ccc(Oc2cc(CNCc3ccc4c(c3)OCCO4)ccn2)cc1. The predicted molar refractivity (Wildman–Crippen MR) is 110 cm³/mol. The number of nitrogens with zero attached hydrogens (tertiary/aromatic N) is 1. The molecule has 29 heavy (non-hydrogen) atoms. The van der Waals surface area contributed by atoms with Crippen LogP contribution in [0, 0.1) is 0 Å². The molecule has 0 fully saturated rings. The average molecular weight is 392 g/mol. The van der Waals surface area contributed by atoms with E-state index in [9.17, 15) is 0 Å². The van der Waals surface area contributed by atoms with Gasteiger partial charge >= 0.3 is 0 Å². The van der Waals surface area contributed by atoms with Gasteiger partial charge in [0.05, 0.1) is 6.61 Å². The Bertz CT molecular complexity index is 944. The molecule has 1 aliphatic rings. The first kappa shape index (κ1) is 19.1. The highest BCUT2D eigenvalue weighted by Crippen LogP contribution is 2.30. The summed E-state index contributed by atoms with van der Waals surface area (Å²) in [7, 11) is 0. The van der Waals surface area contributed by atoms with Crippen LogP contribution in [-0.4, -0.2) is 24.8 Å². The Hall–Kier alpha value is -3.25. The minimum atomic E-state index is 0.563. The van der Waals surface area contributed by atoms with Crippen molar-refractivity contribution in [2.75, 3.05) is 19.8 Å². The summed E-state index contributed by atoms with van der Waals surface area (Å²) in [4.78, 5) is 4.30. The van der Waals surface area contributed by atoms with Crippen molar-refractivity contribution in [2.24, 2.45) is 0 Å². The third-order valence-electron chi connectivity index (χ3n) is 4.42. The molecule has 0 amide bonds. The summed E-state index contributed by atoms with van der Waals surface area (Å²) in [5.74, 6) is 3.73. The van der Waals surface area contributed by atoms with Gasteiger partial charge < -0.3 is 24.3 Å². The summed E-state index contributed by atoms with van der Waals surface area (Å²) in [6, 6.07) is 17.5. The van der Waals surface area contributed by atoms with Crippen molar-refractivity contribution in [3.8, 4) is 28.9 Å². The Morgan fingerprint density at radius 3 is 2.38 bits per heavy atom. The van der Waals surface area contributed by atoms with Crippen LogP contribution in [0.25, 0.3) is 0 Å². The maximum absolute atomic E-state index is 5.85. The molecule has 0 aliphatic carbocycles. The summed E-state index contributed by atoms with van der Waals surface area (Å²) < 4.78 is 22.5. The molecule has 0 saturated heterocycles. The standard InChI is InChI=1S/C23H24N2O4/c1-2-26-19-4-6-20(7-5-19)29-23-14-18(9-10-25-23)16-24-15-17-3-8-21-22(13-17)28-12-11-27-21/h3-10,13-14,24H,2,11-12,15-16H2,1H3. The van der Waals surface area contributed by atoms with Gasteiger partial charge in [0.15, 0.2) is 11.5 Å². The van der Waals surface area contributed by atoms with E-state index in [1.54, 1.807) is 6.20 Å². The summed E-state index contributed by atoms with van der Waals surface area (Å²) >= 11 is 0. The molecule has 0 saturated carbocycles. The fraction of sp³-hybridized carbons (Fsp3) is 0.261. The third-order valence-corrected chi connectivity index (χ3v) is 4.42. The summed E-state index contributed by atoms with van der Waals surface area (Å²) in [5.41, 5.74) is 2.24. The molecule has 0 radical (unpaired) electrons. The van der Waals surface area contributed by atoms with E-state index in [4.69, 9.17) is 18.9 Å². The van der Waals surface area contributed by atoms with Gasteiger partial charge in [-0.15, -0.1) is 0 Å². The number of hydrogen-bond donors (Lipinski definition) is 1. The van der Waals surface area contributed by atoms with Crippen LogP contribution in [0.2, 0.25) is 0 Å². The fourth-order valence-electron chi connectivity index (χ4n) is 3.06. The van der Waals surface area contributed by atoms with Crippen LogP contribution in [0.3, 0.4) is 0 Å². The highest BCUT2D eigenvalue weighted by atomic mass is 16.6. The molecule has 6 nitrogen and oxygen atoms in total. The summed E-state index contributed by atoms with van der Waals surface area (Å²) in [6.07, 6.45) is 1.75. The molecule has 1 N–H and O–H groups in total. The van der Waals surface area contributed by atoms with Crippen LogP contribution in [0.5, 0.6) is 28.9 Å². The zero-order valence-corrected chi connectivity index (χ0v) is 16.4. The van der Waals surface area contributed by atoms with Crippen molar-refractivity contribution >= 4 is 0 Å². The van der Waals surface area contributed by atoms with E-state index in [1.807, 2.05) is 61.5 Å². The Balaban J connectivity index is 1.32. The molecule has 2 aromatic carbocycles. The van der Waals surface area contributed by atoms with E-state index in [2.05, 4.69) is 10.3 Å². The number of rotatable bonds is 8. The highest BCUT2D eigenvalue weighted by molar-refractivity contribution is 5.43. The average Bonchev–Trinajstić information content (AvgIpc) is 2.76. The third kappa shape index (κ3) is 5.18. The van der Waals surface area contributed by atoms with Crippen molar-refractivity contribution in [2.45, 2.75) is 20.0 Å². The van der Waals surface area contributed by atoms with Gasteiger partial charge in [-0.25, -0.2) is 4.98 Å². The number of nitrogens with one attached hydrogen (secondary N) is 1. The van der Waals surface area contributed by atoms with E-state index >= 15 is 0 Å². The predicted octanol–water partition coefficient (Wildman–Crippen LogP) is 4.33. The molecule has 0 bridgehead atoms. The van der Waals surface area contributed by atoms with Gasteiger partial charge in [0.25, 0.3) is 0 Å². The van der Waals surface area contributed by atoms with Crippen LogP contribution in [0.4, 0.5) is 0 Å². The van der Waals surface area contributed by atoms with Gasteiger partial charge in [-0.2, -0.15) is 0 Å². The monoisotopic (exact) mass is 392 g/mol. The van der Waals surface area contributed by atoms with Crippen molar-refractivity contribution < 1.29 is 18.9 Å². The van der Waals surface area contributed by atoms with E-state index < -0.39 is 0 Å². The number of benzene rings is 2. The summed E-state index contributed by atoms with van der Waals surface area (Å²) in [6.45, 7) is 5.24. The van der Waals surface area contributed by atoms with Crippen LogP contribution in [0.15, 0.2) is 60.8 Å². The van der Waals surface area contributed by atoms with Crippen molar-refractivity contribution in [1.29, 1.82) is 0 Å². The van der Waals surface area contributed by atoms with Crippen LogP contribution < -0.4 is 24.3 Å². The van der Waals surface area contributed by atoms with Crippen LogP contribution in [-0.2, 0) is 13.1 Å². The van der Waals surface area contributed by atoms with Gasteiger partial charge in [-0.1, -0.05) is 6.07 Å². The first-order valence-corrected chi connectivity index (χ1v) is 9.75. The Morgan fingerprint density at radius 2 is 1.59 bits per heavy atom. The number of aromatic nitrogens is 1. The molecule has 3 aromatic rings. The lowest BCUT2D eigenvalue weighted by molar-refractivity contribution is 0.171. The van der Waals surface area contributed by atoms with Crippen molar-refractivity contribution in [1.82, 2.24) is 10.3 Å². The summed E-state index contributed by atoms with van der Waals surface area (Å²) in [5, 5.41) is 3.44. The molecule has 0 spiro atoms. The Kier molecular flexibility index (Phi) is 6.12. The zero-order valence-electron chi connectivity index (χ0n) is 16.4. The van der Waals surface area contributed by atoms with E-state index in [-0.39, 0.29) is 0 Å². The van der Waals surface area contributed by atoms with Crippen molar-refractivity contribution in [3.63, 3.8) is 0 Å². The minimum Gasteiger partial charge on any atom is -0.494 e. The smallest absolute Gasteiger partial charge is 0.219 e. The maximum Gasteiger partial charge on any atom is 0.219 e. The number of hydrogen-bond acceptors (Lipinski definition) is 6. The first-order chi connectivity index (χ1) is 14.3.